The maximum absolute atomic E-state index is 14.6. The van der Waals surface area contributed by atoms with E-state index in [1.807, 2.05) is 42.6 Å². The van der Waals surface area contributed by atoms with Crippen LogP contribution in [0.15, 0.2) is 73.2 Å². The molecule has 0 amide bonds. The number of hydrogen-bond donors (Lipinski definition) is 2. The molecular formula is C21H14FN5. The molecule has 5 rings (SSSR count). The number of aromatic amines is 1. The average molecular weight is 355 g/mol. The molecule has 0 aliphatic heterocycles. The number of benzene rings is 2. The number of H-pyrrole nitrogens is 1. The Hall–Kier alpha value is -3.80. The average Bonchev–Trinajstić information content (AvgIpc) is 3.16. The lowest BCUT2D eigenvalue weighted by Gasteiger charge is -2.12. The monoisotopic (exact) mass is 355 g/mol. The Bertz CT molecular complexity index is 1260. The number of rotatable bonds is 3. The van der Waals surface area contributed by atoms with E-state index in [1.165, 1.54) is 6.07 Å². The molecule has 0 unspecified atom stereocenters. The molecule has 5 aromatic rings. The molecule has 0 atom stereocenters. The molecule has 3 aromatic heterocycles. The van der Waals surface area contributed by atoms with Gasteiger partial charge >= 0.3 is 0 Å². The summed E-state index contributed by atoms with van der Waals surface area (Å²) in [5.41, 5.74) is 3.23. The van der Waals surface area contributed by atoms with Crippen LogP contribution in [0.25, 0.3) is 33.2 Å². The number of halogens is 1. The van der Waals surface area contributed by atoms with Crippen LogP contribution in [0.5, 0.6) is 0 Å². The second-order valence-corrected chi connectivity index (χ2v) is 6.17. The first-order chi connectivity index (χ1) is 13.3. The van der Waals surface area contributed by atoms with E-state index in [9.17, 15) is 4.39 Å². The van der Waals surface area contributed by atoms with E-state index in [2.05, 4.69) is 25.3 Å². The van der Waals surface area contributed by atoms with Gasteiger partial charge in [-0.3, -0.25) is 4.98 Å². The van der Waals surface area contributed by atoms with Gasteiger partial charge in [0.2, 0.25) is 0 Å². The molecule has 0 spiro atoms. The third kappa shape index (κ3) is 2.77. The van der Waals surface area contributed by atoms with E-state index < -0.39 is 0 Å². The molecule has 2 N–H and O–H groups in total. The molecule has 3 heterocycles. The topological polar surface area (TPSA) is 66.5 Å². The maximum atomic E-state index is 14.6. The van der Waals surface area contributed by atoms with Crippen LogP contribution >= 0.6 is 0 Å². The number of anilines is 2. The summed E-state index contributed by atoms with van der Waals surface area (Å²) < 4.78 is 14.6. The lowest BCUT2D eigenvalue weighted by molar-refractivity contribution is 0.639. The number of fused-ring (bicyclic) bond motifs is 2. The van der Waals surface area contributed by atoms with Crippen LogP contribution in [0.1, 0.15) is 0 Å². The molecule has 0 saturated heterocycles. The zero-order valence-corrected chi connectivity index (χ0v) is 14.1. The summed E-state index contributed by atoms with van der Waals surface area (Å²) in [6.45, 7) is 0. The summed E-state index contributed by atoms with van der Waals surface area (Å²) in [6.07, 6.45) is 5.25. The van der Waals surface area contributed by atoms with Crippen molar-refractivity contribution in [3.05, 3.63) is 79.0 Å². The van der Waals surface area contributed by atoms with Crippen LogP contribution in [-0.2, 0) is 0 Å². The van der Waals surface area contributed by atoms with Gasteiger partial charge in [0.05, 0.1) is 10.9 Å². The first-order valence-electron chi connectivity index (χ1n) is 8.49. The van der Waals surface area contributed by atoms with E-state index in [4.69, 9.17) is 0 Å². The Morgan fingerprint density at radius 1 is 0.926 bits per heavy atom. The fourth-order valence-electron chi connectivity index (χ4n) is 3.13. The van der Waals surface area contributed by atoms with E-state index in [-0.39, 0.29) is 5.82 Å². The number of aromatic nitrogens is 4. The summed E-state index contributed by atoms with van der Waals surface area (Å²) in [5.74, 6) is 0.583. The molecule has 0 aliphatic rings. The standard InChI is InChI=1S/C21H14FN5/c22-16-2-1-3-18-19(16)21(27-20(26-18)13-6-9-23-10-7-13)25-15-4-5-17-14(12-15)8-11-24-17/h1-12,24H,(H,25,26,27). The fraction of sp³-hybridized carbons (Fsp3) is 0. The van der Waals surface area contributed by atoms with Crippen molar-refractivity contribution in [3.63, 3.8) is 0 Å². The second-order valence-electron chi connectivity index (χ2n) is 6.17. The van der Waals surface area contributed by atoms with Crippen molar-refractivity contribution in [2.24, 2.45) is 0 Å². The van der Waals surface area contributed by atoms with Crippen molar-refractivity contribution in [2.45, 2.75) is 0 Å². The molecule has 0 bridgehead atoms. The first kappa shape index (κ1) is 15.5. The lowest BCUT2D eigenvalue weighted by atomic mass is 10.2. The highest BCUT2D eigenvalue weighted by atomic mass is 19.1. The van der Waals surface area contributed by atoms with Gasteiger partial charge in [0, 0.05) is 40.7 Å². The normalized spacial score (nSPS) is 11.1. The summed E-state index contributed by atoms with van der Waals surface area (Å²) in [4.78, 5) is 16.3. The Labute approximate surface area is 153 Å². The van der Waals surface area contributed by atoms with Gasteiger partial charge in [-0.1, -0.05) is 6.07 Å². The summed E-state index contributed by atoms with van der Waals surface area (Å²) in [6, 6.07) is 16.4. The van der Waals surface area contributed by atoms with Gasteiger partial charge in [0.15, 0.2) is 5.82 Å². The minimum Gasteiger partial charge on any atom is -0.361 e. The van der Waals surface area contributed by atoms with Gasteiger partial charge in [-0.2, -0.15) is 0 Å². The SMILES string of the molecule is Fc1cccc2nc(-c3ccncc3)nc(Nc3ccc4[nH]ccc4c3)c12. The molecule has 6 heteroatoms. The second kappa shape index (κ2) is 6.17. The molecule has 0 saturated carbocycles. The van der Waals surface area contributed by atoms with E-state index in [0.717, 1.165) is 22.2 Å². The van der Waals surface area contributed by atoms with Crippen LogP contribution in [0, 0.1) is 5.82 Å². The van der Waals surface area contributed by atoms with Crippen LogP contribution in [0.3, 0.4) is 0 Å². The molecule has 27 heavy (non-hydrogen) atoms. The number of nitrogens with zero attached hydrogens (tertiary/aromatic N) is 3. The quantitative estimate of drug-likeness (QED) is 0.475. The van der Waals surface area contributed by atoms with Gasteiger partial charge in [-0.05, 0) is 48.5 Å². The van der Waals surface area contributed by atoms with Crippen LogP contribution < -0.4 is 5.32 Å². The molecule has 2 aromatic carbocycles. The van der Waals surface area contributed by atoms with Crippen LogP contribution in [-0.4, -0.2) is 19.9 Å². The molecule has 0 aliphatic carbocycles. The number of hydrogen-bond acceptors (Lipinski definition) is 4. The van der Waals surface area contributed by atoms with E-state index in [0.29, 0.717) is 22.5 Å². The molecule has 0 radical (unpaired) electrons. The molecular weight excluding hydrogens is 341 g/mol. The Kier molecular flexibility index (Phi) is 3.53. The molecule has 130 valence electrons. The molecule has 0 fully saturated rings. The largest absolute Gasteiger partial charge is 0.361 e. The van der Waals surface area contributed by atoms with Gasteiger partial charge in [0.25, 0.3) is 0 Å². The van der Waals surface area contributed by atoms with Crippen molar-refractivity contribution in [2.75, 3.05) is 5.32 Å². The van der Waals surface area contributed by atoms with Crippen LogP contribution in [0.4, 0.5) is 15.9 Å². The zero-order valence-electron chi connectivity index (χ0n) is 14.1. The minimum atomic E-state index is -0.362. The highest BCUT2D eigenvalue weighted by Gasteiger charge is 2.13. The Morgan fingerprint density at radius 2 is 1.81 bits per heavy atom. The van der Waals surface area contributed by atoms with Gasteiger partial charge in [-0.25, -0.2) is 14.4 Å². The Balaban J connectivity index is 1.69. The fourth-order valence-corrected chi connectivity index (χ4v) is 3.13. The highest BCUT2D eigenvalue weighted by Crippen LogP contribution is 2.30. The van der Waals surface area contributed by atoms with Crippen molar-refractivity contribution in [1.82, 2.24) is 19.9 Å². The number of pyridine rings is 1. The third-order valence-electron chi connectivity index (χ3n) is 4.43. The number of nitrogens with one attached hydrogen (secondary N) is 2. The van der Waals surface area contributed by atoms with Crippen molar-refractivity contribution < 1.29 is 4.39 Å². The zero-order chi connectivity index (χ0) is 18.2. The lowest BCUT2D eigenvalue weighted by Crippen LogP contribution is -2.01. The van der Waals surface area contributed by atoms with Gasteiger partial charge in [-0.15, -0.1) is 0 Å². The third-order valence-corrected chi connectivity index (χ3v) is 4.43. The predicted molar refractivity (Wildman–Crippen MR) is 104 cm³/mol. The van der Waals surface area contributed by atoms with Gasteiger partial charge in [0.1, 0.15) is 11.6 Å². The van der Waals surface area contributed by atoms with E-state index in [1.54, 1.807) is 24.5 Å². The summed E-state index contributed by atoms with van der Waals surface area (Å²) >= 11 is 0. The van der Waals surface area contributed by atoms with Crippen molar-refractivity contribution in [1.29, 1.82) is 0 Å². The minimum absolute atomic E-state index is 0.362. The molecule has 5 nitrogen and oxygen atoms in total. The van der Waals surface area contributed by atoms with Crippen molar-refractivity contribution in [3.8, 4) is 11.4 Å². The van der Waals surface area contributed by atoms with E-state index >= 15 is 0 Å². The smallest absolute Gasteiger partial charge is 0.162 e. The predicted octanol–water partition coefficient (Wildman–Crippen LogP) is 5.06. The highest BCUT2D eigenvalue weighted by molar-refractivity contribution is 5.93. The van der Waals surface area contributed by atoms with Gasteiger partial charge < -0.3 is 10.3 Å². The first-order valence-corrected chi connectivity index (χ1v) is 8.49. The van der Waals surface area contributed by atoms with Crippen molar-refractivity contribution >= 4 is 33.3 Å². The Morgan fingerprint density at radius 3 is 2.70 bits per heavy atom. The van der Waals surface area contributed by atoms with Crippen LogP contribution in [0.2, 0.25) is 0 Å². The summed E-state index contributed by atoms with van der Waals surface area (Å²) in [5, 5.41) is 4.69. The maximum Gasteiger partial charge on any atom is 0.162 e. The summed E-state index contributed by atoms with van der Waals surface area (Å²) in [7, 11) is 0.